The standard InChI is InChI=1S/C12H15NO2/c1-15-12(14)10(11-8-13-11)7-9-5-3-2-4-6-9/h2-6,10-11,13H,7-8H2,1H3/t10-,11-/m1/s1. The van der Waals surface area contributed by atoms with Crippen LogP contribution in [0.4, 0.5) is 0 Å². The van der Waals surface area contributed by atoms with Gasteiger partial charge in [-0.25, -0.2) is 0 Å². The van der Waals surface area contributed by atoms with Crippen molar-refractivity contribution in [3.8, 4) is 0 Å². The van der Waals surface area contributed by atoms with Crippen LogP contribution in [0.3, 0.4) is 0 Å². The van der Waals surface area contributed by atoms with Crippen molar-refractivity contribution in [2.24, 2.45) is 5.92 Å². The second kappa shape index (κ2) is 4.45. The highest BCUT2D eigenvalue weighted by molar-refractivity contribution is 5.74. The Bertz CT molecular complexity index is 333. The minimum atomic E-state index is -0.117. The summed E-state index contributed by atoms with van der Waals surface area (Å²) < 4.78 is 4.81. The summed E-state index contributed by atoms with van der Waals surface area (Å²) in [6.45, 7) is 0.923. The van der Waals surface area contributed by atoms with Gasteiger partial charge in [-0.3, -0.25) is 4.79 Å². The number of esters is 1. The van der Waals surface area contributed by atoms with Gasteiger partial charge in [0.05, 0.1) is 13.0 Å². The quantitative estimate of drug-likeness (QED) is 0.589. The maximum atomic E-state index is 11.5. The molecule has 1 N–H and O–H groups in total. The van der Waals surface area contributed by atoms with Gasteiger partial charge in [0.2, 0.25) is 0 Å². The third kappa shape index (κ3) is 2.57. The zero-order chi connectivity index (χ0) is 10.7. The highest BCUT2D eigenvalue weighted by atomic mass is 16.5. The van der Waals surface area contributed by atoms with Crippen LogP contribution in [0.1, 0.15) is 5.56 Å². The van der Waals surface area contributed by atoms with Crippen molar-refractivity contribution in [2.45, 2.75) is 12.5 Å². The zero-order valence-corrected chi connectivity index (χ0v) is 8.77. The number of benzene rings is 1. The van der Waals surface area contributed by atoms with Crippen LogP contribution in [-0.4, -0.2) is 25.7 Å². The molecule has 1 fully saturated rings. The summed E-state index contributed by atoms with van der Waals surface area (Å²) in [5.41, 5.74) is 1.18. The Kier molecular flexibility index (Phi) is 3.02. The average Bonchev–Trinajstić information content (AvgIpc) is 3.10. The van der Waals surface area contributed by atoms with Crippen LogP contribution in [0.2, 0.25) is 0 Å². The van der Waals surface area contributed by atoms with E-state index in [9.17, 15) is 4.79 Å². The van der Waals surface area contributed by atoms with E-state index in [0.717, 1.165) is 13.0 Å². The molecule has 1 aromatic rings. The minimum absolute atomic E-state index is 0.0441. The summed E-state index contributed by atoms with van der Waals surface area (Å²) in [7, 11) is 1.45. The number of hydrogen-bond donors (Lipinski definition) is 1. The van der Waals surface area contributed by atoms with Gasteiger partial charge >= 0.3 is 5.97 Å². The number of nitrogens with one attached hydrogen (secondary N) is 1. The van der Waals surface area contributed by atoms with Crippen molar-refractivity contribution in [3.05, 3.63) is 35.9 Å². The van der Waals surface area contributed by atoms with Gasteiger partial charge in [0.1, 0.15) is 0 Å². The molecule has 15 heavy (non-hydrogen) atoms. The molecule has 1 aliphatic heterocycles. The monoisotopic (exact) mass is 205 g/mol. The fourth-order valence-corrected chi connectivity index (χ4v) is 1.76. The van der Waals surface area contributed by atoms with E-state index in [0.29, 0.717) is 6.04 Å². The smallest absolute Gasteiger partial charge is 0.310 e. The van der Waals surface area contributed by atoms with Crippen LogP contribution < -0.4 is 5.32 Å². The van der Waals surface area contributed by atoms with E-state index >= 15 is 0 Å². The van der Waals surface area contributed by atoms with Gasteiger partial charge in [-0.1, -0.05) is 30.3 Å². The zero-order valence-electron chi connectivity index (χ0n) is 8.77. The maximum absolute atomic E-state index is 11.5. The highest BCUT2D eigenvalue weighted by Crippen LogP contribution is 2.19. The molecule has 1 heterocycles. The summed E-state index contributed by atoms with van der Waals surface area (Å²) in [6.07, 6.45) is 0.755. The molecule has 1 aliphatic rings. The van der Waals surface area contributed by atoms with Gasteiger partial charge in [0.15, 0.2) is 0 Å². The number of hydrogen-bond acceptors (Lipinski definition) is 3. The second-order valence-corrected chi connectivity index (χ2v) is 3.83. The Morgan fingerprint density at radius 1 is 1.53 bits per heavy atom. The van der Waals surface area contributed by atoms with Gasteiger partial charge in [-0.15, -0.1) is 0 Å². The molecule has 0 aliphatic carbocycles. The normalized spacial score (nSPS) is 20.7. The van der Waals surface area contributed by atoms with E-state index in [-0.39, 0.29) is 11.9 Å². The van der Waals surface area contributed by atoms with Crippen LogP contribution in [0, 0.1) is 5.92 Å². The van der Waals surface area contributed by atoms with Crippen molar-refractivity contribution < 1.29 is 9.53 Å². The first-order valence-corrected chi connectivity index (χ1v) is 5.16. The van der Waals surface area contributed by atoms with Crippen molar-refractivity contribution in [1.29, 1.82) is 0 Å². The molecule has 0 radical (unpaired) electrons. The van der Waals surface area contributed by atoms with E-state index in [1.54, 1.807) is 0 Å². The summed E-state index contributed by atoms with van der Waals surface area (Å²) >= 11 is 0. The average molecular weight is 205 g/mol. The molecule has 0 amide bonds. The molecule has 80 valence electrons. The lowest BCUT2D eigenvalue weighted by Gasteiger charge is -2.12. The Labute approximate surface area is 89.4 Å². The number of ether oxygens (including phenoxy) is 1. The first-order chi connectivity index (χ1) is 7.31. The molecule has 2 rings (SSSR count). The van der Waals surface area contributed by atoms with Gasteiger partial charge in [-0.2, -0.15) is 0 Å². The van der Waals surface area contributed by atoms with Crippen LogP contribution in [0.5, 0.6) is 0 Å². The number of carbonyl (C=O) groups is 1. The summed E-state index contributed by atoms with van der Waals surface area (Å²) in [6, 6.07) is 10.3. The predicted octanol–water partition coefficient (Wildman–Crippen LogP) is 0.990. The van der Waals surface area contributed by atoms with E-state index in [1.807, 2.05) is 30.3 Å². The van der Waals surface area contributed by atoms with E-state index in [1.165, 1.54) is 12.7 Å². The molecule has 0 aromatic heterocycles. The summed E-state index contributed by atoms with van der Waals surface area (Å²) in [5.74, 6) is -0.161. The van der Waals surface area contributed by atoms with E-state index in [2.05, 4.69) is 5.32 Å². The van der Waals surface area contributed by atoms with Crippen molar-refractivity contribution in [1.82, 2.24) is 5.32 Å². The third-order valence-electron chi connectivity index (χ3n) is 2.73. The Balaban J connectivity index is 2.04. The van der Waals surface area contributed by atoms with E-state index in [4.69, 9.17) is 4.74 Å². The van der Waals surface area contributed by atoms with Gasteiger partial charge in [0.25, 0.3) is 0 Å². The van der Waals surface area contributed by atoms with Crippen molar-refractivity contribution >= 4 is 5.97 Å². The van der Waals surface area contributed by atoms with Crippen LogP contribution in [0.25, 0.3) is 0 Å². The predicted molar refractivity (Wildman–Crippen MR) is 57.4 cm³/mol. The minimum Gasteiger partial charge on any atom is -0.469 e. The largest absolute Gasteiger partial charge is 0.469 e. The first-order valence-electron chi connectivity index (χ1n) is 5.16. The Morgan fingerprint density at radius 3 is 2.73 bits per heavy atom. The molecule has 0 unspecified atom stereocenters. The first kappa shape index (κ1) is 10.2. The second-order valence-electron chi connectivity index (χ2n) is 3.83. The Morgan fingerprint density at radius 2 is 2.20 bits per heavy atom. The lowest BCUT2D eigenvalue weighted by atomic mass is 9.96. The van der Waals surface area contributed by atoms with Crippen molar-refractivity contribution in [3.63, 3.8) is 0 Å². The fourth-order valence-electron chi connectivity index (χ4n) is 1.76. The lowest BCUT2D eigenvalue weighted by Crippen LogP contribution is -2.25. The molecule has 3 heteroatoms. The fraction of sp³-hybridized carbons (Fsp3) is 0.417. The molecule has 3 nitrogen and oxygen atoms in total. The molecular formula is C12H15NO2. The van der Waals surface area contributed by atoms with Crippen LogP contribution in [-0.2, 0) is 16.0 Å². The molecule has 0 saturated carbocycles. The van der Waals surface area contributed by atoms with Gasteiger partial charge < -0.3 is 10.1 Å². The SMILES string of the molecule is COC(=O)[C@H](Cc1ccccc1)[C@H]1CN1. The van der Waals surface area contributed by atoms with Gasteiger partial charge in [0, 0.05) is 12.6 Å². The number of carbonyl (C=O) groups excluding carboxylic acids is 1. The molecule has 1 aromatic carbocycles. The summed E-state index contributed by atoms with van der Waals surface area (Å²) in [5, 5.41) is 3.17. The maximum Gasteiger partial charge on any atom is 0.310 e. The molecule has 2 atom stereocenters. The molecule has 0 bridgehead atoms. The third-order valence-corrected chi connectivity index (χ3v) is 2.73. The lowest BCUT2D eigenvalue weighted by molar-refractivity contribution is -0.145. The Hall–Kier alpha value is -1.35. The summed E-state index contributed by atoms with van der Waals surface area (Å²) in [4.78, 5) is 11.5. The van der Waals surface area contributed by atoms with Crippen LogP contribution in [0.15, 0.2) is 30.3 Å². The molecule has 1 saturated heterocycles. The topological polar surface area (TPSA) is 48.2 Å². The van der Waals surface area contributed by atoms with E-state index < -0.39 is 0 Å². The highest BCUT2D eigenvalue weighted by Gasteiger charge is 2.36. The van der Waals surface area contributed by atoms with Crippen molar-refractivity contribution in [2.75, 3.05) is 13.7 Å². The number of rotatable bonds is 4. The van der Waals surface area contributed by atoms with Crippen LogP contribution >= 0.6 is 0 Å². The molecule has 0 spiro atoms. The van der Waals surface area contributed by atoms with Gasteiger partial charge in [-0.05, 0) is 12.0 Å². The molecular weight excluding hydrogens is 190 g/mol. The number of methoxy groups -OCH3 is 1.